The summed E-state index contributed by atoms with van der Waals surface area (Å²) in [6, 6.07) is 12.1. The predicted molar refractivity (Wildman–Crippen MR) is 82.5 cm³/mol. The van der Waals surface area contributed by atoms with Crippen LogP contribution in [0.25, 0.3) is 0 Å². The zero-order valence-electron chi connectivity index (χ0n) is 12.3. The maximum atomic E-state index is 12.3. The van der Waals surface area contributed by atoms with Crippen molar-refractivity contribution in [3.8, 4) is 0 Å². The van der Waals surface area contributed by atoms with Gasteiger partial charge in [-0.05, 0) is 30.7 Å². The monoisotopic (exact) mass is 342 g/mol. The number of hydrogen-bond donors (Lipinski definition) is 1. The molecule has 123 valence electrons. The molecule has 2 aromatic rings. The zero-order valence-corrected chi connectivity index (χ0v) is 13.1. The molecule has 0 aliphatic carbocycles. The molecular weight excluding hydrogens is 327 g/mol. The first kappa shape index (κ1) is 17.3. The molecule has 7 heteroatoms. The molecule has 0 atom stereocenters. The second-order valence-electron chi connectivity index (χ2n) is 5.03. The minimum Gasteiger partial charge on any atom is -0.279 e. The highest BCUT2D eigenvalue weighted by Gasteiger charge is 2.27. The fourth-order valence-electron chi connectivity index (χ4n) is 1.91. The van der Waals surface area contributed by atoms with Gasteiger partial charge in [0.05, 0.1) is 17.0 Å². The van der Waals surface area contributed by atoms with Gasteiger partial charge in [-0.2, -0.15) is 13.2 Å². The molecule has 0 unspecified atom stereocenters. The number of para-hydroxylation sites is 1. The molecule has 0 saturated carbocycles. The van der Waals surface area contributed by atoms with Gasteiger partial charge >= 0.3 is 6.18 Å². The second-order valence-corrected chi connectivity index (χ2v) is 6.71. The van der Waals surface area contributed by atoms with Gasteiger partial charge in [-0.1, -0.05) is 35.9 Å². The third kappa shape index (κ3) is 4.99. The van der Waals surface area contributed by atoms with Crippen molar-refractivity contribution in [2.45, 2.75) is 24.4 Å². The molecule has 0 aromatic heterocycles. The van der Waals surface area contributed by atoms with Gasteiger partial charge in [0, 0.05) is 6.42 Å². The molecule has 2 rings (SSSR count). The molecule has 0 aliphatic rings. The Labute approximate surface area is 133 Å². The quantitative estimate of drug-likeness (QED) is 0.880. The standard InChI is InChI=1S/C16H15F3NO2S/c1-12-6-8-14(9-7-12)23(21,22)20-15-5-3-2-4-13(15)10-11-16(17,18)19/h2-10,20H,11H2,1H3. The Morgan fingerprint density at radius 3 is 2.26 bits per heavy atom. The Balaban J connectivity index is 2.24. The number of rotatable bonds is 5. The van der Waals surface area contributed by atoms with Crippen LogP contribution in [-0.4, -0.2) is 14.6 Å². The Morgan fingerprint density at radius 1 is 1.04 bits per heavy atom. The van der Waals surface area contributed by atoms with Crippen molar-refractivity contribution in [2.75, 3.05) is 4.72 Å². The van der Waals surface area contributed by atoms with Gasteiger partial charge in [0.15, 0.2) is 0 Å². The normalized spacial score (nSPS) is 12.2. The maximum Gasteiger partial charge on any atom is 0.389 e. The van der Waals surface area contributed by atoms with Gasteiger partial charge < -0.3 is 0 Å². The third-order valence-corrected chi connectivity index (χ3v) is 4.47. The Morgan fingerprint density at radius 2 is 1.65 bits per heavy atom. The number of hydrogen-bond acceptors (Lipinski definition) is 2. The van der Waals surface area contributed by atoms with E-state index in [4.69, 9.17) is 0 Å². The highest BCUT2D eigenvalue weighted by molar-refractivity contribution is 7.92. The van der Waals surface area contributed by atoms with E-state index in [0.29, 0.717) is 0 Å². The summed E-state index contributed by atoms with van der Waals surface area (Å²) in [6.45, 7) is 1.82. The van der Waals surface area contributed by atoms with Crippen LogP contribution < -0.4 is 4.72 Å². The number of halogens is 3. The van der Waals surface area contributed by atoms with Crippen LogP contribution in [0.1, 0.15) is 17.5 Å². The molecule has 0 aliphatic heterocycles. The third-order valence-electron chi connectivity index (χ3n) is 3.09. The number of aryl methyl sites for hydroxylation is 1. The van der Waals surface area contributed by atoms with Crippen molar-refractivity contribution >= 4 is 15.7 Å². The van der Waals surface area contributed by atoms with Gasteiger partial charge in [-0.3, -0.25) is 4.72 Å². The Kier molecular flexibility index (Phi) is 4.99. The van der Waals surface area contributed by atoms with Crippen LogP contribution in [0.2, 0.25) is 0 Å². The minimum atomic E-state index is -4.34. The van der Waals surface area contributed by atoms with Crippen LogP contribution in [-0.2, 0) is 10.0 Å². The highest BCUT2D eigenvalue weighted by Crippen LogP contribution is 2.27. The molecule has 0 bridgehead atoms. The summed E-state index contributed by atoms with van der Waals surface area (Å²) >= 11 is 0. The predicted octanol–water partition coefficient (Wildman–Crippen LogP) is 4.30. The highest BCUT2D eigenvalue weighted by atomic mass is 32.2. The molecular formula is C16H15F3NO2S. The van der Waals surface area contributed by atoms with E-state index in [1.165, 1.54) is 24.3 Å². The summed E-state index contributed by atoms with van der Waals surface area (Å²) in [5, 5.41) is 0. The van der Waals surface area contributed by atoms with Crippen LogP contribution in [0.15, 0.2) is 53.4 Å². The summed E-state index contributed by atoms with van der Waals surface area (Å²) in [5.41, 5.74) is 1.20. The Bertz CT molecular complexity index is 769. The topological polar surface area (TPSA) is 46.2 Å². The van der Waals surface area contributed by atoms with E-state index in [0.717, 1.165) is 12.0 Å². The van der Waals surface area contributed by atoms with Gasteiger partial charge in [0.25, 0.3) is 10.0 Å². The molecule has 1 N–H and O–H groups in total. The summed E-state index contributed by atoms with van der Waals surface area (Å²) < 4.78 is 64.0. The van der Waals surface area contributed by atoms with Crippen LogP contribution in [0.4, 0.5) is 18.9 Å². The smallest absolute Gasteiger partial charge is 0.279 e. The molecule has 0 heterocycles. The van der Waals surface area contributed by atoms with Crippen LogP contribution in [0.5, 0.6) is 0 Å². The van der Waals surface area contributed by atoms with Gasteiger partial charge in [0.1, 0.15) is 0 Å². The number of benzene rings is 2. The lowest BCUT2D eigenvalue weighted by Crippen LogP contribution is -2.15. The molecule has 0 spiro atoms. The number of nitrogens with one attached hydrogen (secondary N) is 1. The molecule has 0 amide bonds. The average molecular weight is 342 g/mol. The van der Waals surface area contributed by atoms with Gasteiger partial charge in [0.2, 0.25) is 0 Å². The van der Waals surface area contributed by atoms with Crippen molar-refractivity contribution in [2.24, 2.45) is 0 Å². The maximum absolute atomic E-state index is 12.3. The number of alkyl halides is 3. The molecule has 1 radical (unpaired) electrons. The summed E-state index contributed by atoms with van der Waals surface area (Å²) in [7, 11) is -3.86. The molecule has 2 aromatic carbocycles. The molecule has 23 heavy (non-hydrogen) atoms. The summed E-state index contributed by atoms with van der Waals surface area (Å²) in [4.78, 5) is 0.0497. The van der Waals surface area contributed by atoms with E-state index in [1.54, 1.807) is 24.3 Å². The fraction of sp³-hybridized carbons (Fsp3) is 0.188. The fourth-order valence-corrected chi connectivity index (χ4v) is 3.00. The van der Waals surface area contributed by atoms with E-state index in [1.807, 2.05) is 6.92 Å². The van der Waals surface area contributed by atoms with Crippen LogP contribution in [0.3, 0.4) is 0 Å². The van der Waals surface area contributed by atoms with E-state index < -0.39 is 22.6 Å². The lowest BCUT2D eigenvalue weighted by Gasteiger charge is -2.13. The lowest BCUT2D eigenvalue weighted by atomic mass is 10.1. The Hall–Kier alpha value is -2.02. The first-order valence-corrected chi connectivity index (χ1v) is 8.24. The lowest BCUT2D eigenvalue weighted by molar-refractivity contribution is -0.127. The largest absolute Gasteiger partial charge is 0.389 e. The van der Waals surface area contributed by atoms with E-state index in [-0.39, 0.29) is 16.1 Å². The number of sulfonamides is 1. The van der Waals surface area contributed by atoms with E-state index in [2.05, 4.69) is 4.72 Å². The first-order chi connectivity index (χ1) is 10.7. The van der Waals surface area contributed by atoms with Crippen molar-refractivity contribution in [3.63, 3.8) is 0 Å². The average Bonchev–Trinajstić information content (AvgIpc) is 2.45. The van der Waals surface area contributed by atoms with Gasteiger partial charge in [-0.15, -0.1) is 0 Å². The molecule has 0 fully saturated rings. The summed E-state index contributed by atoms with van der Waals surface area (Å²) in [6.07, 6.45) is -4.52. The summed E-state index contributed by atoms with van der Waals surface area (Å²) in [5.74, 6) is 0. The number of anilines is 1. The van der Waals surface area contributed by atoms with E-state index in [9.17, 15) is 21.6 Å². The van der Waals surface area contributed by atoms with E-state index >= 15 is 0 Å². The molecule has 0 saturated heterocycles. The minimum absolute atomic E-state index is 0.0497. The van der Waals surface area contributed by atoms with Crippen LogP contribution in [0, 0.1) is 13.3 Å². The van der Waals surface area contributed by atoms with Crippen molar-refractivity contribution in [1.29, 1.82) is 0 Å². The molecule has 3 nitrogen and oxygen atoms in total. The zero-order chi connectivity index (χ0) is 17.1. The SMILES string of the molecule is Cc1ccc(S(=O)(=O)Nc2ccccc2[CH]CC(F)(F)F)cc1. The van der Waals surface area contributed by atoms with Crippen LogP contribution >= 0.6 is 0 Å². The van der Waals surface area contributed by atoms with Gasteiger partial charge in [-0.25, -0.2) is 8.42 Å². The van der Waals surface area contributed by atoms with Crippen molar-refractivity contribution in [1.82, 2.24) is 0 Å². The first-order valence-electron chi connectivity index (χ1n) is 6.76. The van der Waals surface area contributed by atoms with Crippen molar-refractivity contribution < 1.29 is 21.6 Å². The second kappa shape index (κ2) is 6.62. The van der Waals surface area contributed by atoms with Crippen molar-refractivity contribution in [3.05, 3.63) is 66.1 Å².